The van der Waals surface area contributed by atoms with Crippen molar-refractivity contribution in [2.75, 3.05) is 23.8 Å². The number of ether oxygens (including phenoxy) is 2. The molecule has 7 nitrogen and oxygen atoms in total. The van der Waals surface area contributed by atoms with Crippen molar-refractivity contribution in [2.45, 2.75) is 39.0 Å². The molecular formula is C21H23ClN2O5S. The third-order valence-electron chi connectivity index (χ3n) is 4.63. The van der Waals surface area contributed by atoms with Crippen molar-refractivity contribution in [3.63, 3.8) is 0 Å². The number of fused-ring (bicyclic) bond motifs is 1. The fourth-order valence-electron chi connectivity index (χ4n) is 3.46. The Morgan fingerprint density at radius 1 is 1.17 bits per heavy atom. The van der Waals surface area contributed by atoms with E-state index in [-0.39, 0.29) is 24.7 Å². The van der Waals surface area contributed by atoms with Crippen molar-refractivity contribution in [1.82, 2.24) is 0 Å². The average molecular weight is 451 g/mol. The van der Waals surface area contributed by atoms with Crippen LogP contribution in [0.15, 0.2) is 24.3 Å². The molecule has 1 aromatic heterocycles. The lowest BCUT2D eigenvalue weighted by molar-refractivity contribution is -0.145. The first-order valence-corrected chi connectivity index (χ1v) is 11.0. The summed E-state index contributed by atoms with van der Waals surface area (Å²) in [6, 6.07) is 6.22. The van der Waals surface area contributed by atoms with Gasteiger partial charge in [-0.15, -0.1) is 11.3 Å². The van der Waals surface area contributed by atoms with Crippen molar-refractivity contribution >= 4 is 51.6 Å². The number of hydrogen-bond acceptors (Lipinski definition) is 6. The maximum Gasteiger partial charge on any atom is 0.341 e. The average Bonchev–Trinajstić information content (AvgIpc) is 3.06. The Bertz CT molecular complexity index is 959. The Labute approximate surface area is 183 Å². The number of halogens is 1. The molecule has 1 unspecified atom stereocenters. The Morgan fingerprint density at radius 3 is 2.63 bits per heavy atom. The Balaban J connectivity index is 1.93. The molecule has 0 fully saturated rings. The molecule has 160 valence electrons. The van der Waals surface area contributed by atoms with Gasteiger partial charge in [-0.05, 0) is 56.9 Å². The SMILES string of the molecule is CCOC(=O)c1c(NC(=O)Nc2cccc(Cl)c2)sc2c1C(C(=O)OCC)CCC2. The first kappa shape index (κ1) is 22.1. The quantitative estimate of drug-likeness (QED) is 0.589. The van der Waals surface area contributed by atoms with Crippen LogP contribution in [0.1, 0.15) is 53.4 Å². The van der Waals surface area contributed by atoms with Gasteiger partial charge in [0.05, 0.1) is 24.7 Å². The number of esters is 2. The topological polar surface area (TPSA) is 93.7 Å². The Morgan fingerprint density at radius 2 is 1.93 bits per heavy atom. The molecule has 3 rings (SSSR count). The highest BCUT2D eigenvalue weighted by atomic mass is 35.5. The summed E-state index contributed by atoms with van der Waals surface area (Å²) in [6.45, 7) is 3.89. The molecule has 2 N–H and O–H groups in total. The van der Waals surface area contributed by atoms with Crippen molar-refractivity contribution in [1.29, 1.82) is 0 Å². The van der Waals surface area contributed by atoms with Crippen LogP contribution >= 0.6 is 22.9 Å². The zero-order valence-corrected chi connectivity index (χ0v) is 18.3. The van der Waals surface area contributed by atoms with E-state index >= 15 is 0 Å². The third-order valence-corrected chi connectivity index (χ3v) is 6.04. The maximum atomic E-state index is 12.8. The molecule has 30 heavy (non-hydrogen) atoms. The number of amides is 2. The fourth-order valence-corrected chi connectivity index (χ4v) is 4.94. The third kappa shape index (κ3) is 4.94. The molecule has 1 heterocycles. The molecule has 1 atom stereocenters. The molecule has 1 aliphatic carbocycles. The van der Waals surface area contributed by atoms with Crippen LogP contribution < -0.4 is 10.6 Å². The maximum absolute atomic E-state index is 12.8. The van der Waals surface area contributed by atoms with Gasteiger partial charge in [-0.3, -0.25) is 10.1 Å². The highest BCUT2D eigenvalue weighted by Crippen LogP contribution is 2.44. The number of anilines is 2. The van der Waals surface area contributed by atoms with Gasteiger partial charge in [-0.1, -0.05) is 17.7 Å². The molecule has 9 heteroatoms. The van der Waals surface area contributed by atoms with E-state index in [1.165, 1.54) is 11.3 Å². The predicted octanol–water partition coefficient (Wildman–Crippen LogP) is 5.21. The van der Waals surface area contributed by atoms with Crippen LogP contribution in [0.5, 0.6) is 0 Å². The van der Waals surface area contributed by atoms with E-state index in [4.69, 9.17) is 21.1 Å². The summed E-state index contributed by atoms with van der Waals surface area (Å²) < 4.78 is 10.4. The highest BCUT2D eigenvalue weighted by molar-refractivity contribution is 7.17. The van der Waals surface area contributed by atoms with E-state index < -0.39 is 17.9 Å². The molecule has 0 radical (unpaired) electrons. The molecule has 2 aromatic rings. The summed E-state index contributed by atoms with van der Waals surface area (Å²) in [5, 5.41) is 6.28. The van der Waals surface area contributed by atoms with Crippen molar-refractivity contribution in [3.8, 4) is 0 Å². The summed E-state index contributed by atoms with van der Waals surface area (Å²) in [4.78, 5) is 38.7. The van der Waals surface area contributed by atoms with Crippen LogP contribution in [0.2, 0.25) is 5.02 Å². The van der Waals surface area contributed by atoms with E-state index in [2.05, 4.69) is 10.6 Å². The van der Waals surface area contributed by atoms with Gasteiger partial charge < -0.3 is 14.8 Å². The van der Waals surface area contributed by atoms with E-state index in [9.17, 15) is 14.4 Å². The molecule has 0 spiro atoms. The smallest absolute Gasteiger partial charge is 0.341 e. The summed E-state index contributed by atoms with van der Waals surface area (Å²) in [5.41, 5.74) is 1.36. The molecule has 0 saturated heterocycles. The number of carbonyl (C=O) groups excluding carboxylic acids is 3. The Kier molecular flexibility index (Phi) is 7.33. The molecule has 0 aliphatic heterocycles. The molecule has 1 aromatic carbocycles. The van der Waals surface area contributed by atoms with Gasteiger partial charge in [-0.2, -0.15) is 0 Å². The van der Waals surface area contributed by atoms with Gasteiger partial charge >= 0.3 is 18.0 Å². The summed E-state index contributed by atoms with van der Waals surface area (Å²) in [7, 11) is 0. The zero-order valence-electron chi connectivity index (χ0n) is 16.7. The highest BCUT2D eigenvalue weighted by Gasteiger charge is 2.36. The van der Waals surface area contributed by atoms with Crippen molar-refractivity contribution in [2.24, 2.45) is 0 Å². The number of thiophene rings is 1. The predicted molar refractivity (Wildman–Crippen MR) is 117 cm³/mol. The summed E-state index contributed by atoms with van der Waals surface area (Å²) in [5.74, 6) is -1.48. The minimum atomic E-state index is -0.566. The van der Waals surface area contributed by atoms with Gasteiger partial charge in [0.2, 0.25) is 0 Å². The number of rotatable bonds is 6. The standard InChI is InChI=1S/C21H23ClN2O5S/c1-3-28-19(25)14-9-6-10-15-16(14)17(20(26)29-4-2)18(30-15)24-21(27)23-13-8-5-7-12(22)11-13/h5,7-8,11,14H,3-4,6,9-10H2,1-2H3,(H2,23,24,27). The van der Waals surface area contributed by atoms with Crippen LogP contribution in [-0.4, -0.2) is 31.2 Å². The van der Waals surface area contributed by atoms with Crippen molar-refractivity contribution < 1.29 is 23.9 Å². The van der Waals surface area contributed by atoms with Gasteiger partial charge in [0.1, 0.15) is 5.00 Å². The first-order chi connectivity index (χ1) is 14.4. The lowest BCUT2D eigenvalue weighted by atomic mass is 9.85. The van der Waals surface area contributed by atoms with Crippen LogP contribution in [0, 0.1) is 0 Å². The van der Waals surface area contributed by atoms with Crippen LogP contribution in [0.4, 0.5) is 15.5 Å². The van der Waals surface area contributed by atoms with Gasteiger partial charge in [0.25, 0.3) is 0 Å². The van der Waals surface area contributed by atoms with E-state index in [0.717, 1.165) is 17.7 Å². The van der Waals surface area contributed by atoms with Crippen LogP contribution in [0.3, 0.4) is 0 Å². The van der Waals surface area contributed by atoms with Crippen LogP contribution in [0.25, 0.3) is 0 Å². The van der Waals surface area contributed by atoms with Gasteiger partial charge in [0.15, 0.2) is 0 Å². The first-order valence-electron chi connectivity index (χ1n) is 9.77. The van der Waals surface area contributed by atoms with Gasteiger partial charge in [0, 0.05) is 15.6 Å². The zero-order chi connectivity index (χ0) is 21.7. The number of benzene rings is 1. The minimum absolute atomic E-state index is 0.182. The van der Waals surface area contributed by atoms with Gasteiger partial charge in [-0.25, -0.2) is 9.59 Å². The Hall–Kier alpha value is -2.58. The number of carbonyl (C=O) groups is 3. The molecule has 1 aliphatic rings. The van der Waals surface area contributed by atoms with E-state index in [1.807, 2.05) is 0 Å². The second-order valence-corrected chi connectivity index (χ2v) is 8.19. The monoisotopic (exact) mass is 450 g/mol. The lowest BCUT2D eigenvalue weighted by Crippen LogP contribution is -2.24. The largest absolute Gasteiger partial charge is 0.466 e. The molecule has 0 saturated carbocycles. The fraction of sp³-hybridized carbons (Fsp3) is 0.381. The number of urea groups is 1. The lowest BCUT2D eigenvalue weighted by Gasteiger charge is -2.22. The summed E-state index contributed by atoms with van der Waals surface area (Å²) >= 11 is 7.25. The second kappa shape index (κ2) is 9.95. The number of nitrogens with one attached hydrogen (secondary N) is 2. The van der Waals surface area contributed by atoms with E-state index in [1.54, 1.807) is 38.1 Å². The number of aryl methyl sites for hydroxylation is 1. The second-order valence-electron chi connectivity index (χ2n) is 6.65. The molecule has 0 bridgehead atoms. The van der Waals surface area contributed by atoms with E-state index in [0.29, 0.717) is 27.7 Å². The minimum Gasteiger partial charge on any atom is -0.466 e. The molecule has 2 amide bonds. The van der Waals surface area contributed by atoms with Crippen molar-refractivity contribution in [3.05, 3.63) is 45.3 Å². The molecular weight excluding hydrogens is 428 g/mol. The number of hydrogen-bond donors (Lipinski definition) is 2. The summed E-state index contributed by atoms with van der Waals surface area (Å²) in [6.07, 6.45) is 2.11. The van der Waals surface area contributed by atoms with Crippen LogP contribution in [-0.2, 0) is 20.7 Å². The normalized spacial score (nSPS) is 15.1.